The Labute approximate surface area is 53.3 Å². The number of hydrogen-bond donors (Lipinski definition) is 0. The largest absolute Gasteiger partial charge is 0.753 e. The molecule has 0 rings (SSSR count). The molecule has 0 N–H and O–H groups in total. The number of rotatable bonds is 2. The summed E-state index contributed by atoms with van der Waals surface area (Å²) in [5, 5.41) is 0. The van der Waals surface area contributed by atoms with Gasteiger partial charge in [-0.25, -0.2) is 0 Å². The van der Waals surface area contributed by atoms with Crippen molar-refractivity contribution in [2.75, 3.05) is 6.61 Å². The lowest BCUT2D eigenvalue weighted by atomic mass is 10.7. The first kappa shape index (κ1) is 9.87. The number of hydrogen-bond acceptors (Lipinski definition) is 3. The van der Waals surface area contributed by atoms with E-state index in [9.17, 15) is 26.8 Å². The van der Waals surface area contributed by atoms with Crippen LogP contribution in [-0.4, -0.2) is 12.8 Å². The average Bonchev–Trinajstić information content (AvgIpc) is 1.57. The zero-order valence-electron chi connectivity index (χ0n) is 4.39. The van der Waals surface area contributed by atoms with Crippen molar-refractivity contribution in [2.24, 2.45) is 0 Å². The van der Waals surface area contributed by atoms with E-state index in [1.807, 2.05) is 0 Å². The Morgan fingerprint density at radius 1 is 1.50 bits per heavy atom. The van der Waals surface area contributed by atoms with Gasteiger partial charge < -0.3 is 9.42 Å². The normalized spacial score (nSPS) is 18.5. The highest BCUT2D eigenvalue weighted by Crippen LogP contribution is 2.39. The van der Waals surface area contributed by atoms with Crippen LogP contribution in [0.2, 0.25) is 0 Å². The Kier molecular flexibility index (Phi) is 2.82. The SMILES string of the molecule is O=P([O-])(F)OCC(F)(F)F. The molecule has 62 valence electrons. The van der Waals surface area contributed by atoms with E-state index < -0.39 is 20.7 Å². The number of halogens is 4. The molecule has 1 atom stereocenters. The fourth-order valence-corrected chi connectivity index (χ4v) is 0.451. The van der Waals surface area contributed by atoms with E-state index in [0.29, 0.717) is 0 Å². The van der Waals surface area contributed by atoms with E-state index in [0.717, 1.165) is 0 Å². The Hall–Kier alpha value is -0.130. The maximum absolute atomic E-state index is 11.2. The minimum absolute atomic E-state index is 2.12. The molecule has 3 nitrogen and oxygen atoms in total. The van der Waals surface area contributed by atoms with Crippen LogP contribution < -0.4 is 4.89 Å². The highest BCUT2D eigenvalue weighted by atomic mass is 31.2. The van der Waals surface area contributed by atoms with Crippen LogP contribution in [0.4, 0.5) is 17.4 Å². The molecule has 1 unspecified atom stereocenters. The molecule has 8 heteroatoms. The summed E-state index contributed by atoms with van der Waals surface area (Å²) in [4.78, 5) is 9.32. The van der Waals surface area contributed by atoms with E-state index in [1.54, 1.807) is 0 Å². The third kappa shape index (κ3) is 7.87. The molecule has 0 aliphatic carbocycles. The second-order valence-electron chi connectivity index (χ2n) is 1.32. The summed E-state index contributed by atoms with van der Waals surface area (Å²) >= 11 is 0. The molecule has 10 heavy (non-hydrogen) atoms. The van der Waals surface area contributed by atoms with Crippen molar-refractivity contribution in [3.8, 4) is 0 Å². The van der Waals surface area contributed by atoms with Crippen molar-refractivity contribution in [3.05, 3.63) is 0 Å². The zero-order chi connectivity index (χ0) is 8.41. The van der Waals surface area contributed by atoms with Crippen LogP contribution in [0.25, 0.3) is 0 Å². The maximum atomic E-state index is 11.2. The van der Waals surface area contributed by atoms with E-state index in [4.69, 9.17) is 0 Å². The van der Waals surface area contributed by atoms with Crippen LogP contribution in [0.3, 0.4) is 0 Å². The van der Waals surface area contributed by atoms with Crippen LogP contribution in [0.15, 0.2) is 0 Å². The lowest BCUT2D eigenvalue weighted by Gasteiger charge is -2.13. The Morgan fingerprint density at radius 3 is 2.00 bits per heavy atom. The first-order valence-electron chi connectivity index (χ1n) is 1.93. The smallest absolute Gasteiger partial charge is 0.412 e. The predicted molar refractivity (Wildman–Crippen MR) is 20.7 cm³/mol. The molecule has 0 aromatic carbocycles. The van der Waals surface area contributed by atoms with Gasteiger partial charge in [0.15, 0.2) is 6.61 Å². The van der Waals surface area contributed by atoms with Gasteiger partial charge in [0.2, 0.25) is 0 Å². The molecule has 0 aliphatic rings. The van der Waals surface area contributed by atoms with Crippen LogP contribution >= 0.6 is 7.91 Å². The molecule has 0 heterocycles. The molecule has 0 aliphatic heterocycles. The summed E-state index contributed by atoms with van der Waals surface area (Å²) in [5.41, 5.74) is 0. The van der Waals surface area contributed by atoms with E-state index in [2.05, 4.69) is 4.52 Å². The third-order valence-corrected chi connectivity index (χ3v) is 0.820. The first-order chi connectivity index (χ1) is 4.21. The summed E-state index contributed by atoms with van der Waals surface area (Å²) < 4.78 is 56.4. The van der Waals surface area contributed by atoms with Gasteiger partial charge in [0, 0.05) is 0 Å². The molecule has 0 amide bonds. The lowest BCUT2D eigenvalue weighted by molar-refractivity contribution is -0.228. The Morgan fingerprint density at radius 2 is 1.90 bits per heavy atom. The highest BCUT2D eigenvalue weighted by Gasteiger charge is 2.29. The minimum atomic E-state index is -5.73. The molecule has 0 aromatic heterocycles. The molecule has 0 saturated heterocycles. The quantitative estimate of drug-likeness (QED) is 0.471. The summed E-state index contributed by atoms with van der Waals surface area (Å²) in [6.45, 7) is -2.12. The van der Waals surface area contributed by atoms with Crippen LogP contribution in [-0.2, 0) is 9.09 Å². The molecule has 0 aromatic rings. The first-order valence-corrected chi connectivity index (χ1v) is 3.36. The Bertz CT molecular complexity index is 147. The predicted octanol–water partition coefficient (Wildman–Crippen LogP) is 1.00. The van der Waals surface area contributed by atoms with Crippen LogP contribution in [0.1, 0.15) is 0 Å². The molecule has 0 radical (unpaired) electrons. The summed E-state index contributed by atoms with van der Waals surface area (Å²) in [6, 6.07) is 0. The van der Waals surface area contributed by atoms with Crippen molar-refractivity contribution in [1.29, 1.82) is 0 Å². The fraction of sp³-hybridized carbons (Fsp3) is 1.00. The standard InChI is InChI=1S/C2H3F4O3P/c3-2(4,5)1-9-10(6,7)8/h1H2,(H,7,8)/p-1. The highest BCUT2D eigenvalue weighted by molar-refractivity contribution is 7.45. The van der Waals surface area contributed by atoms with Crippen molar-refractivity contribution < 1.29 is 31.4 Å². The summed E-state index contributed by atoms with van der Waals surface area (Å²) in [5.74, 6) is 0. The van der Waals surface area contributed by atoms with E-state index in [-0.39, 0.29) is 0 Å². The third-order valence-electron chi connectivity index (χ3n) is 0.382. The molecule has 0 bridgehead atoms. The summed E-state index contributed by atoms with van der Waals surface area (Å²) in [7, 11) is -5.73. The number of alkyl halides is 3. The molecule has 0 saturated carbocycles. The van der Waals surface area contributed by atoms with E-state index >= 15 is 0 Å². The monoisotopic (exact) mass is 181 g/mol. The van der Waals surface area contributed by atoms with Crippen LogP contribution in [0, 0.1) is 0 Å². The van der Waals surface area contributed by atoms with Gasteiger partial charge in [0.1, 0.15) is 0 Å². The maximum Gasteiger partial charge on any atom is 0.412 e. The molecular weight excluding hydrogens is 179 g/mol. The topological polar surface area (TPSA) is 49.4 Å². The fourth-order valence-electron chi connectivity index (χ4n) is 0.150. The second kappa shape index (κ2) is 2.86. The molecular formula is C2H2F4O3P-. The Balaban J connectivity index is 3.67. The van der Waals surface area contributed by atoms with Crippen molar-refractivity contribution in [1.82, 2.24) is 0 Å². The van der Waals surface area contributed by atoms with Crippen molar-refractivity contribution in [2.45, 2.75) is 6.18 Å². The molecule has 0 fully saturated rings. The van der Waals surface area contributed by atoms with Gasteiger partial charge in [-0.3, -0.25) is 4.57 Å². The van der Waals surface area contributed by atoms with Crippen molar-refractivity contribution >= 4 is 7.91 Å². The van der Waals surface area contributed by atoms with Gasteiger partial charge in [-0.2, -0.15) is 17.4 Å². The van der Waals surface area contributed by atoms with Gasteiger partial charge in [-0.05, 0) is 0 Å². The average molecular weight is 181 g/mol. The minimum Gasteiger partial charge on any atom is -0.753 e. The summed E-state index contributed by atoms with van der Waals surface area (Å²) in [6.07, 6.45) is -4.83. The lowest BCUT2D eigenvalue weighted by Crippen LogP contribution is -2.17. The van der Waals surface area contributed by atoms with Gasteiger partial charge in [0.05, 0.1) is 0 Å². The van der Waals surface area contributed by atoms with Crippen LogP contribution in [0.5, 0.6) is 0 Å². The zero-order valence-corrected chi connectivity index (χ0v) is 5.29. The van der Waals surface area contributed by atoms with Gasteiger partial charge >= 0.3 is 14.1 Å². The molecule has 0 spiro atoms. The second-order valence-corrected chi connectivity index (χ2v) is 2.44. The van der Waals surface area contributed by atoms with Gasteiger partial charge in [-0.1, -0.05) is 0 Å². The van der Waals surface area contributed by atoms with Gasteiger partial charge in [0.25, 0.3) is 0 Å². The van der Waals surface area contributed by atoms with Gasteiger partial charge in [-0.15, -0.1) is 0 Å². The van der Waals surface area contributed by atoms with E-state index in [1.165, 1.54) is 0 Å². The van der Waals surface area contributed by atoms with Crippen molar-refractivity contribution in [3.63, 3.8) is 0 Å².